The maximum Gasteiger partial charge on any atom is 0.103 e. The van der Waals surface area contributed by atoms with E-state index in [2.05, 4.69) is 26.2 Å². The minimum atomic E-state index is -1.30. The Morgan fingerprint density at radius 1 is 1.29 bits per heavy atom. The summed E-state index contributed by atoms with van der Waals surface area (Å²) in [5.41, 5.74) is 0.715. The molecule has 0 heterocycles. The van der Waals surface area contributed by atoms with E-state index in [4.69, 9.17) is 0 Å². The van der Waals surface area contributed by atoms with Gasteiger partial charge in [0.1, 0.15) is 5.83 Å². The van der Waals surface area contributed by atoms with Crippen LogP contribution >= 0.6 is 0 Å². The van der Waals surface area contributed by atoms with E-state index in [0.717, 1.165) is 5.20 Å². The first-order valence-electron chi connectivity index (χ1n) is 5.01. The lowest BCUT2D eigenvalue weighted by Crippen LogP contribution is -2.21. The van der Waals surface area contributed by atoms with Gasteiger partial charge in [-0.05, 0) is 18.9 Å². The van der Waals surface area contributed by atoms with Gasteiger partial charge in [-0.3, -0.25) is 0 Å². The fourth-order valence-electron chi connectivity index (χ4n) is 0.845. The molecule has 0 aromatic rings. The van der Waals surface area contributed by atoms with Gasteiger partial charge in [0.05, 0.1) is 8.07 Å². The first-order valence-corrected chi connectivity index (χ1v) is 8.51. The predicted octanol–water partition coefficient (Wildman–Crippen LogP) is 4.63. The molecule has 0 rings (SSSR count). The lowest BCUT2D eigenvalue weighted by Gasteiger charge is -2.15. The van der Waals surface area contributed by atoms with Gasteiger partial charge >= 0.3 is 0 Å². The van der Waals surface area contributed by atoms with Crippen LogP contribution in [-0.2, 0) is 0 Å². The van der Waals surface area contributed by atoms with E-state index in [1.807, 2.05) is 19.1 Å². The summed E-state index contributed by atoms with van der Waals surface area (Å²) in [4.78, 5) is 0. The third-order valence-electron chi connectivity index (χ3n) is 2.24. The van der Waals surface area contributed by atoms with Crippen molar-refractivity contribution in [2.45, 2.75) is 39.9 Å². The van der Waals surface area contributed by atoms with E-state index in [9.17, 15) is 4.39 Å². The standard InChI is InChI=1S/C12H21FSi/c1-7-12(13)10(2)8-9-11(3)14(4,5)6/h8-9H,3,7H2,1-2,4-6H3/b9-8-,12-10-. The predicted molar refractivity (Wildman–Crippen MR) is 65.7 cm³/mol. The molecular weight excluding hydrogens is 191 g/mol. The van der Waals surface area contributed by atoms with Crippen molar-refractivity contribution in [3.05, 3.63) is 35.3 Å². The SMILES string of the molecule is C=C(/C=C\C(C)=C(/F)CC)[Si](C)(C)C. The van der Waals surface area contributed by atoms with Crippen LogP contribution in [-0.4, -0.2) is 8.07 Å². The second-order valence-electron chi connectivity index (χ2n) is 4.55. The van der Waals surface area contributed by atoms with E-state index in [1.54, 1.807) is 6.92 Å². The minimum absolute atomic E-state index is 0.0374. The summed E-state index contributed by atoms with van der Waals surface area (Å²) < 4.78 is 13.1. The molecule has 0 spiro atoms. The molecule has 0 aliphatic carbocycles. The van der Waals surface area contributed by atoms with Crippen LogP contribution in [0.1, 0.15) is 20.3 Å². The lowest BCUT2D eigenvalue weighted by atomic mass is 10.2. The number of hydrogen-bond donors (Lipinski definition) is 0. The summed E-state index contributed by atoms with van der Waals surface area (Å²) >= 11 is 0. The zero-order valence-electron chi connectivity index (χ0n) is 9.95. The van der Waals surface area contributed by atoms with Gasteiger partial charge in [0.15, 0.2) is 0 Å². The molecule has 14 heavy (non-hydrogen) atoms. The third-order valence-corrected chi connectivity index (χ3v) is 4.33. The van der Waals surface area contributed by atoms with Crippen LogP contribution in [0, 0.1) is 0 Å². The van der Waals surface area contributed by atoms with Gasteiger partial charge in [-0.1, -0.05) is 50.5 Å². The first kappa shape index (κ1) is 13.4. The van der Waals surface area contributed by atoms with E-state index in [0.29, 0.717) is 12.0 Å². The molecule has 0 aliphatic rings. The summed E-state index contributed by atoms with van der Waals surface area (Å²) in [6.07, 6.45) is 4.26. The van der Waals surface area contributed by atoms with E-state index < -0.39 is 8.07 Å². The van der Waals surface area contributed by atoms with Crippen molar-refractivity contribution in [1.29, 1.82) is 0 Å². The number of rotatable bonds is 4. The molecule has 0 N–H and O–H groups in total. The Hall–Kier alpha value is -0.633. The minimum Gasteiger partial charge on any atom is -0.212 e. The zero-order valence-corrected chi connectivity index (χ0v) is 10.9. The largest absolute Gasteiger partial charge is 0.212 e. The second-order valence-corrected chi connectivity index (χ2v) is 9.69. The summed E-state index contributed by atoms with van der Waals surface area (Å²) in [5.74, 6) is -0.0374. The summed E-state index contributed by atoms with van der Waals surface area (Å²) in [7, 11) is -1.30. The fraction of sp³-hybridized carbons (Fsp3) is 0.500. The Morgan fingerprint density at radius 2 is 1.79 bits per heavy atom. The Balaban J connectivity index is 4.55. The van der Waals surface area contributed by atoms with Gasteiger partial charge < -0.3 is 0 Å². The highest BCUT2D eigenvalue weighted by Crippen LogP contribution is 2.16. The van der Waals surface area contributed by atoms with Gasteiger partial charge in [-0.2, -0.15) is 0 Å². The van der Waals surface area contributed by atoms with E-state index >= 15 is 0 Å². The molecule has 0 bridgehead atoms. The van der Waals surface area contributed by atoms with Gasteiger partial charge in [0, 0.05) is 0 Å². The molecule has 0 aliphatic heterocycles. The Bertz CT molecular complexity index is 267. The Morgan fingerprint density at radius 3 is 2.14 bits per heavy atom. The van der Waals surface area contributed by atoms with Crippen LogP contribution in [0.4, 0.5) is 4.39 Å². The first-order chi connectivity index (χ1) is 6.29. The van der Waals surface area contributed by atoms with Crippen LogP contribution in [0.3, 0.4) is 0 Å². The maximum atomic E-state index is 13.1. The molecule has 0 atom stereocenters. The molecule has 0 nitrogen and oxygen atoms in total. The van der Waals surface area contributed by atoms with Crippen molar-refractivity contribution in [3.8, 4) is 0 Å². The maximum absolute atomic E-state index is 13.1. The smallest absolute Gasteiger partial charge is 0.103 e. The average molecular weight is 212 g/mol. The molecular formula is C12H21FSi. The number of hydrogen-bond acceptors (Lipinski definition) is 0. The van der Waals surface area contributed by atoms with Crippen molar-refractivity contribution in [2.24, 2.45) is 0 Å². The van der Waals surface area contributed by atoms with E-state index in [1.165, 1.54) is 0 Å². The zero-order chi connectivity index (χ0) is 11.4. The van der Waals surface area contributed by atoms with Crippen LogP contribution in [0.2, 0.25) is 19.6 Å². The van der Waals surface area contributed by atoms with Crippen LogP contribution in [0.25, 0.3) is 0 Å². The van der Waals surface area contributed by atoms with Gasteiger partial charge in [-0.25, -0.2) is 4.39 Å². The molecule has 0 saturated carbocycles. The Labute approximate surface area is 88.2 Å². The molecule has 0 unspecified atom stereocenters. The van der Waals surface area contributed by atoms with Crippen molar-refractivity contribution in [1.82, 2.24) is 0 Å². The third kappa shape index (κ3) is 4.56. The van der Waals surface area contributed by atoms with Gasteiger partial charge in [0.2, 0.25) is 0 Å². The van der Waals surface area contributed by atoms with Crippen molar-refractivity contribution < 1.29 is 4.39 Å². The van der Waals surface area contributed by atoms with Crippen LogP contribution < -0.4 is 0 Å². The molecule has 0 aromatic heterocycles. The van der Waals surface area contributed by atoms with Crippen molar-refractivity contribution in [3.63, 3.8) is 0 Å². The second kappa shape index (κ2) is 5.30. The number of allylic oxidation sites excluding steroid dienone is 5. The lowest BCUT2D eigenvalue weighted by molar-refractivity contribution is 0.595. The van der Waals surface area contributed by atoms with Gasteiger partial charge in [-0.15, -0.1) is 0 Å². The van der Waals surface area contributed by atoms with Crippen molar-refractivity contribution >= 4 is 8.07 Å². The molecule has 80 valence electrons. The quantitative estimate of drug-likeness (QED) is 0.471. The van der Waals surface area contributed by atoms with Crippen molar-refractivity contribution in [2.75, 3.05) is 0 Å². The average Bonchev–Trinajstić information content (AvgIpc) is 2.10. The molecule has 0 fully saturated rings. The van der Waals surface area contributed by atoms with E-state index in [-0.39, 0.29) is 5.83 Å². The highest BCUT2D eigenvalue weighted by molar-refractivity contribution is 6.83. The Kier molecular flexibility index (Phi) is 5.06. The molecule has 0 radical (unpaired) electrons. The summed E-state index contributed by atoms with van der Waals surface area (Å²) in [6.45, 7) is 14.3. The molecule has 0 saturated heterocycles. The van der Waals surface area contributed by atoms with Gasteiger partial charge in [0.25, 0.3) is 0 Å². The molecule has 0 amide bonds. The fourth-order valence-corrected chi connectivity index (χ4v) is 1.43. The molecule has 0 aromatic carbocycles. The topological polar surface area (TPSA) is 0 Å². The molecule has 2 heteroatoms. The summed E-state index contributed by atoms with van der Waals surface area (Å²) in [5, 5.41) is 1.15. The highest BCUT2D eigenvalue weighted by atomic mass is 28.3. The summed E-state index contributed by atoms with van der Waals surface area (Å²) in [6, 6.07) is 0. The normalized spacial score (nSPS) is 14.4. The number of halogens is 1. The highest BCUT2D eigenvalue weighted by Gasteiger charge is 2.14. The van der Waals surface area contributed by atoms with Crippen LogP contribution in [0.5, 0.6) is 0 Å². The van der Waals surface area contributed by atoms with Crippen LogP contribution in [0.15, 0.2) is 35.3 Å². The monoisotopic (exact) mass is 212 g/mol.